The summed E-state index contributed by atoms with van der Waals surface area (Å²) in [5, 5.41) is 14.1. The van der Waals surface area contributed by atoms with Crippen molar-refractivity contribution in [2.75, 3.05) is 11.9 Å². The van der Waals surface area contributed by atoms with E-state index < -0.39 is 0 Å². The minimum atomic E-state index is -0.373. The minimum absolute atomic E-state index is 0.0193. The Morgan fingerprint density at radius 1 is 1.48 bits per heavy atom. The molecule has 2 aromatic rings. The first kappa shape index (κ1) is 13.7. The average Bonchev–Trinajstić information content (AvgIpc) is 2.92. The first-order chi connectivity index (χ1) is 10.1. The summed E-state index contributed by atoms with van der Waals surface area (Å²) in [6, 6.07) is 5.65. The van der Waals surface area contributed by atoms with Gasteiger partial charge in [0.05, 0.1) is 11.1 Å². The Morgan fingerprint density at radius 2 is 2.29 bits per heavy atom. The second-order valence-electron chi connectivity index (χ2n) is 5.55. The lowest BCUT2D eigenvalue weighted by Crippen LogP contribution is -2.47. The van der Waals surface area contributed by atoms with Crippen molar-refractivity contribution >= 4 is 11.6 Å². The highest BCUT2D eigenvalue weighted by molar-refractivity contribution is 5.96. The zero-order valence-corrected chi connectivity index (χ0v) is 11.9. The van der Waals surface area contributed by atoms with E-state index in [-0.39, 0.29) is 11.3 Å². The number of nitrogens with one attached hydrogen (secondary N) is 1. The van der Waals surface area contributed by atoms with Crippen LogP contribution in [0.4, 0.5) is 5.69 Å². The van der Waals surface area contributed by atoms with Crippen molar-refractivity contribution in [2.24, 2.45) is 11.1 Å². The number of nitrogens with zero attached hydrogens (tertiary/aromatic N) is 4. The molecule has 0 radical (unpaired) electrons. The molecule has 1 amide bonds. The van der Waals surface area contributed by atoms with Gasteiger partial charge in [-0.05, 0) is 54.0 Å². The maximum atomic E-state index is 12.3. The normalized spacial score (nSPS) is 16.3. The predicted octanol–water partition coefficient (Wildman–Crippen LogP) is 1.04. The highest BCUT2D eigenvalue weighted by Crippen LogP contribution is 2.40. The van der Waals surface area contributed by atoms with Crippen LogP contribution in [0.25, 0.3) is 5.69 Å². The Bertz CT molecular complexity index is 642. The second kappa shape index (κ2) is 5.25. The summed E-state index contributed by atoms with van der Waals surface area (Å²) in [7, 11) is 0. The smallest absolute Gasteiger partial charge is 0.231 e. The monoisotopic (exact) mass is 286 g/mol. The van der Waals surface area contributed by atoms with Crippen LogP contribution in [0.5, 0.6) is 0 Å². The van der Waals surface area contributed by atoms with Gasteiger partial charge in [0.1, 0.15) is 6.33 Å². The number of aromatic nitrogens is 4. The summed E-state index contributed by atoms with van der Waals surface area (Å²) < 4.78 is 1.59. The van der Waals surface area contributed by atoms with Gasteiger partial charge in [-0.3, -0.25) is 4.79 Å². The summed E-state index contributed by atoms with van der Waals surface area (Å²) >= 11 is 0. The molecular weight excluding hydrogens is 268 g/mol. The van der Waals surface area contributed by atoms with E-state index in [1.54, 1.807) is 11.0 Å². The molecule has 1 aliphatic rings. The second-order valence-corrected chi connectivity index (χ2v) is 5.55. The van der Waals surface area contributed by atoms with Gasteiger partial charge in [0.2, 0.25) is 5.91 Å². The Balaban J connectivity index is 1.78. The molecule has 1 aromatic carbocycles. The molecule has 110 valence electrons. The number of anilines is 1. The van der Waals surface area contributed by atoms with Crippen molar-refractivity contribution in [1.29, 1.82) is 0 Å². The predicted molar refractivity (Wildman–Crippen MR) is 77.9 cm³/mol. The van der Waals surface area contributed by atoms with Crippen LogP contribution in [-0.2, 0) is 4.79 Å². The fourth-order valence-electron chi connectivity index (χ4n) is 2.65. The molecule has 1 saturated carbocycles. The van der Waals surface area contributed by atoms with Gasteiger partial charge in [-0.25, -0.2) is 4.68 Å². The van der Waals surface area contributed by atoms with Crippen molar-refractivity contribution in [1.82, 2.24) is 20.2 Å². The minimum Gasteiger partial charge on any atom is -0.329 e. The molecule has 0 saturated heterocycles. The van der Waals surface area contributed by atoms with Crippen molar-refractivity contribution in [3.8, 4) is 5.69 Å². The largest absolute Gasteiger partial charge is 0.329 e. The highest BCUT2D eigenvalue weighted by atomic mass is 16.2. The van der Waals surface area contributed by atoms with E-state index in [0.717, 1.165) is 36.2 Å². The molecule has 7 nitrogen and oxygen atoms in total. The number of amides is 1. The molecule has 7 heteroatoms. The molecule has 0 aliphatic heterocycles. The number of carbonyl (C=O) groups is 1. The van der Waals surface area contributed by atoms with Gasteiger partial charge in [0, 0.05) is 12.2 Å². The molecular formula is C14H18N6O. The molecule has 21 heavy (non-hydrogen) atoms. The van der Waals surface area contributed by atoms with Gasteiger partial charge < -0.3 is 11.1 Å². The molecule has 3 rings (SSSR count). The summed E-state index contributed by atoms with van der Waals surface area (Å²) in [5.74, 6) is 0.0193. The Morgan fingerprint density at radius 3 is 2.81 bits per heavy atom. The summed E-state index contributed by atoms with van der Waals surface area (Å²) in [4.78, 5) is 12.3. The lowest BCUT2D eigenvalue weighted by Gasteiger charge is -2.39. The zero-order chi connectivity index (χ0) is 14.9. The average molecular weight is 286 g/mol. The molecule has 3 N–H and O–H groups in total. The third-order valence-corrected chi connectivity index (χ3v) is 4.23. The number of benzene rings is 1. The summed E-state index contributed by atoms with van der Waals surface area (Å²) in [6.45, 7) is 2.36. The van der Waals surface area contributed by atoms with Gasteiger partial charge in [-0.1, -0.05) is 6.42 Å². The maximum absolute atomic E-state index is 12.3. The first-order valence-corrected chi connectivity index (χ1v) is 7.00. The van der Waals surface area contributed by atoms with Crippen LogP contribution in [0.3, 0.4) is 0 Å². The first-order valence-electron chi connectivity index (χ1n) is 7.00. The number of tetrazole rings is 1. The fraction of sp³-hybridized carbons (Fsp3) is 0.429. The van der Waals surface area contributed by atoms with Crippen LogP contribution in [-0.4, -0.2) is 32.7 Å². The topological polar surface area (TPSA) is 98.7 Å². The summed E-state index contributed by atoms with van der Waals surface area (Å²) in [6.07, 6.45) is 4.36. The van der Waals surface area contributed by atoms with Crippen LogP contribution in [0.15, 0.2) is 24.5 Å². The molecule has 0 bridgehead atoms. The number of aryl methyl sites for hydroxylation is 1. The number of hydrogen-bond donors (Lipinski definition) is 2. The van der Waals surface area contributed by atoms with Crippen LogP contribution in [0, 0.1) is 12.3 Å². The van der Waals surface area contributed by atoms with E-state index in [1.165, 1.54) is 0 Å². The third kappa shape index (κ3) is 2.40. The van der Waals surface area contributed by atoms with Crippen molar-refractivity contribution < 1.29 is 4.79 Å². The number of rotatable bonds is 4. The SMILES string of the molecule is Cc1cc(NC(=O)C2(CN)CCC2)ccc1-n1cnnn1. The Kier molecular flexibility index (Phi) is 3.42. The van der Waals surface area contributed by atoms with Crippen LogP contribution < -0.4 is 11.1 Å². The van der Waals surface area contributed by atoms with E-state index in [0.29, 0.717) is 6.54 Å². The lowest BCUT2D eigenvalue weighted by molar-refractivity contribution is -0.129. The maximum Gasteiger partial charge on any atom is 0.231 e. The van der Waals surface area contributed by atoms with Crippen LogP contribution in [0.1, 0.15) is 24.8 Å². The van der Waals surface area contributed by atoms with E-state index in [2.05, 4.69) is 20.8 Å². The van der Waals surface area contributed by atoms with Gasteiger partial charge in [0.25, 0.3) is 0 Å². The zero-order valence-electron chi connectivity index (χ0n) is 11.9. The van der Waals surface area contributed by atoms with Gasteiger partial charge >= 0.3 is 0 Å². The van der Waals surface area contributed by atoms with Crippen LogP contribution in [0.2, 0.25) is 0 Å². The molecule has 0 unspecified atom stereocenters. The van der Waals surface area contributed by atoms with Crippen molar-refractivity contribution in [3.05, 3.63) is 30.1 Å². The van der Waals surface area contributed by atoms with Crippen LogP contribution >= 0.6 is 0 Å². The standard InChI is InChI=1S/C14H18N6O/c1-10-7-11(3-4-12(10)20-9-16-18-19-20)17-13(21)14(8-15)5-2-6-14/h3-4,7,9H,2,5-6,8,15H2,1H3,(H,17,21). The van der Waals surface area contributed by atoms with E-state index >= 15 is 0 Å². The number of carbonyl (C=O) groups excluding carboxylic acids is 1. The molecule has 0 spiro atoms. The molecule has 0 atom stereocenters. The Hall–Kier alpha value is -2.28. The van der Waals surface area contributed by atoms with Gasteiger partial charge in [-0.15, -0.1) is 5.10 Å². The molecule has 1 aromatic heterocycles. The number of hydrogen-bond acceptors (Lipinski definition) is 5. The Labute approximate surface area is 122 Å². The third-order valence-electron chi connectivity index (χ3n) is 4.23. The van der Waals surface area contributed by atoms with E-state index in [9.17, 15) is 4.79 Å². The fourth-order valence-corrected chi connectivity index (χ4v) is 2.65. The quantitative estimate of drug-likeness (QED) is 0.875. The summed E-state index contributed by atoms with van der Waals surface area (Å²) in [5.41, 5.74) is 8.02. The lowest BCUT2D eigenvalue weighted by atomic mass is 9.68. The van der Waals surface area contributed by atoms with Gasteiger partial charge in [0.15, 0.2) is 0 Å². The number of nitrogens with two attached hydrogens (primary N) is 1. The van der Waals surface area contributed by atoms with Gasteiger partial charge in [-0.2, -0.15) is 0 Å². The molecule has 1 fully saturated rings. The van der Waals surface area contributed by atoms with Crippen molar-refractivity contribution in [3.63, 3.8) is 0 Å². The van der Waals surface area contributed by atoms with Crippen molar-refractivity contribution in [2.45, 2.75) is 26.2 Å². The van der Waals surface area contributed by atoms with E-state index in [1.807, 2.05) is 25.1 Å². The highest BCUT2D eigenvalue weighted by Gasteiger charge is 2.42. The van der Waals surface area contributed by atoms with E-state index in [4.69, 9.17) is 5.73 Å². The molecule has 1 aliphatic carbocycles. The molecule has 1 heterocycles.